The van der Waals surface area contributed by atoms with E-state index in [0.717, 1.165) is 10.7 Å². The van der Waals surface area contributed by atoms with Gasteiger partial charge in [0.1, 0.15) is 5.75 Å². The van der Waals surface area contributed by atoms with E-state index in [2.05, 4.69) is 15.6 Å². The Bertz CT molecular complexity index is 889. The number of nitrogens with one attached hydrogen (secondary N) is 2. The molecule has 0 fully saturated rings. The van der Waals surface area contributed by atoms with Crippen LogP contribution in [-0.2, 0) is 11.3 Å². The van der Waals surface area contributed by atoms with E-state index < -0.39 is 0 Å². The van der Waals surface area contributed by atoms with E-state index in [4.69, 9.17) is 9.15 Å². The number of carbonyl (C=O) groups excluding carboxylic acids is 2. The first kappa shape index (κ1) is 17.7. The van der Waals surface area contributed by atoms with Crippen molar-refractivity contribution >= 4 is 28.8 Å². The molecule has 134 valence electrons. The van der Waals surface area contributed by atoms with Crippen molar-refractivity contribution in [2.24, 2.45) is 0 Å². The second-order valence-corrected chi connectivity index (χ2v) is 6.44. The lowest BCUT2D eigenvalue weighted by atomic mass is 10.3. The minimum absolute atomic E-state index is 0.126. The summed E-state index contributed by atoms with van der Waals surface area (Å²) in [7, 11) is 0. The number of carbonyl (C=O) groups is 2. The van der Waals surface area contributed by atoms with Crippen LogP contribution >= 0.6 is 11.3 Å². The predicted molar refractivity (Wildman–Crippen MR) is 97.3 cm³/mol. The number of benzene rings is 1. The van der Waals surface area contributed by atoms with Crippen molar-refractivity contribution < 1.29 is 18.7 Å². The summed E-state index contributed by atoms with van der Waals surface area (Å²) in [4.78, 5) is 28.1. The lowest BCUT2D eigenvalue weighted by Crippen LogP contribution is -2.28. The maximum Gasteiger partial charge on any atom is 0.291 e. The molecule has 0 bridgehead atoms. The zero-order valence-electron chi connectivity index (χ0n) is 14.0. The van der Waals surface area contributed by atoms with Crippen molar-refractivity contribution in [3.63, 3.8) is 0 Å². The van der Waals surface area contributed by atoms with Gasteiger partial charge in [-0.1, -0.05) is 6.07 Å². The summed E-state index contributed by atoms with van der Waals surface area (Å²) < 4.78 is 10.5. The number of nitrogens with zero attached hydrogens (tertiary/aromatic N) is 1. The van der Waals surface area contributed by atoms with Gasteiger partial charge in [-0.05, 0) is 31.2 Å². The molecule has 0 radical (unpaired) electrons. The lowest BCUT2D eigenvalue weighted by molar-refractivity contribution is -0.123. The van der Waals surface area contributed by atoms with Gasteiger partial charge in [-0.15, -0.1) is 11.3 Å². The van der Waals surface area contributed by atoms with E-state index in [9.17, 15) is 9.59 Å². The quantitative estimate of drug-likeness (QED) is 0.666. The molecule has 26 heavy (non-hydrogen) atoms. The van der Waals surface area contributed by atoms with Crippen molar-refractivity contribution in [2.75, 3.05) is 11.9 Å². The molecule has 3 aromatic rings. The van der Waals surface area contributed by atoms with Crippen LogP contribution in [0.5, 0.6) is 5.75 Å². The zero-order valence-corrected chi connectivity index (χ0v) is 14.8. The Morgan fingerprint density at radius 2 is 2.15 bits per heavy atom. The smallest absolute Gasteiger partial charge is 0.291 e. The molecule has 0 saturated heterocycles. The van der Waals surface area contributed by atoms with Gasteiger partial charge in [0, 0.05) is 17.1 Å². The standard InChI is InChI=1S/C18H17N3O4S/c1-12-20-14(11-26-12)9-19-17(22)10-25-15-5-2-4-13(8-15)21-18(23)16-6-3-7-24-16/h2-8,11H,9-10H2,1H3,(H,19,22)(H,21,23). The average Bonchev–Trinajstić information content (AvgIpc) is 3.30. The number of furan rings is 1. The van der Waals surface area contributed by atoms with Crippen molar-refractivity contribution in [3.8, 4) is 5.75 Å². The molecule has 0 spiro atoms. The minimum Gasteiger partial charge on any atom is -0.484 e. The van der Waals surface area contributed by atoms with Gasteiger partial charge in [0.2, 0.25) is 0 Å². The van der Waals surface area contributed by atoms with E-state index in [-0.39, 0.29) is 24.2 Å². The van der Waals surface area contributed by atoms with Gasteiger partial charge in [-0.3, -0.25) is 9.59 Å². The van der Waals surface area contributed by atoms with Gasteiger partial charge in [-0.2, -0.15) is 0 Å². The molecule has 3 rings (SSSR count). The SMILES string of the molecule is Cc1nc(CNC(=O)COc2cccc(NC(=O)c3ccco3)c2)cs1. The third-order valence-electron chi connectivity index (χ3n) is 3.34. The summed E-state index contributed by atoms with van der Waals surface area (Å²) in [5.41, 5.74) is 1.37. The Balaban J connectivity index is 1.48. The van der Waals surface area contributed by atoms with Crippen LogP contribution in [0.1, 0.15) is 21.3 Å². The molecule has 2 aromatic heterocycles. The van der Waals surface area contributed by atoms with Crippen LogP contribution in [0.15, 0.2) is 52.5 Å². The molecule has 0 saturated carbocycles. The number of thiazole rings is 1. The molecule has 2 N–H and O–H groups in total. The third kappa shape index (κ3) is 4.93. The summed E-state index contributed by atoms with van der Waals surface area (Å²) in [6.45, 7) is 2.15. The van der Waals surface area contributed by atoms with E-state index in [1.807, 2.05) is 12.3 Å². The van der Waals surface area contributed by atoms with Gasteiger partial charge < -0.3 is 19.8 Å². The molecule has 7 nitrogen and oxygen atoms in total. The summed E-state index contributed by atoms with van der Waals surface area (Å²) in [5.74, 6) is 0.0824. The molecule has 2 heterocycles. The lowest BCUT2D eigenvalue weighted by Gasteiger charge is -2.09. The molecule has 0 unspecified atom stereocenters. The van der Waals surface area contributed by atoms with Gasteiger partial charge in [-0.25, -0.2) is 4.98 Å². The Hall–Kier alpha value is -3.13. The molecular formula is C18H17N3O4S. The summed E-state index contributed by atoms with van der Waals surface area (Å²) in [6, 6.07) is 10.0. The molecule has 0 aliphatic rings. The van der Waals surface area contributed by atoms with E-state index >= 15 is 0 Å². The molecule has 2 amide bonds. The van der Waals surface area contributed by atoms with Gasteiger partial charge in [0.05, 0.1) is 23.5 Å². The minimum atomic E-state index is -0.358. The number of rotatable bonds is 7. The van der Waals surface area contributed by atoms with E-state index in [1.165, 1.54) is 17.6 Å². The number of aromatic nitrogens is 1. The van der Waals surface area contributed by atoms with Crippen LogP contribution in [0.2, 0.25) is 0 Å². The molecule has 0 aliphatic carbocycles. The third-order valence-corrected chi connectivity index (χ3v) is 4.16. The highest BCUT2D eigenvalue weighted by Crippen LogP contribution is 2.18. The van der Waals surface area contributed by atoms with Crippen molar-refractivity contribution in [2.45, 2.75) is 13.5 Å². The normalized spacial score (nSPS) is 10.3. The van der Waals surface area contributed by atoms with Crippen LogP contribution in [0.3, 0.4) is 0 Å². The van der Waals surface area contributed by atoms with E-state index in [0.29, 0.717) is 18.0 Å². The van der Waals surface area contributed by atoms with Crippen LogP contribution in [0.25, 0.3) is 0 Å². The topological polar surface area (TPSA) is 93.5 Å². The number of ether oxygens (including phenoxy) is 1. The number of hydrogen-bond acceptors (Lipinski definition) is 6. The Morgan fingerprint density at radius 1 is 1.27 bits per heavy atom. The molecule has 8 heteroatoms. The highest BCUT2D eigenvalue weighted by Gasteiger charge is 2.09. The maximum absolute atomic E-state index is 12.0. The monoisotopic (exact) mass is 371 g/mol. The van der Waals surface area contributed by atoms with E-state index in [1.54, 1.807) is 36.4 Å². The van der Waals surface area contributed by atoms with Crippen LogP contribution in [-0.4, -0.2) is 23.4 Å². The van der Waals surface area contributed by atoms with Gasteiger partial charge in [0.15, 0.2) is 12.4 Å². The van der Waals surface area contributed by atoms with Crippen LogP contribution in [0, 0.1) is 6.92 Å². The first-order valence-electron chi connectivity index (χ1n) is 7.85. The highest BCUT2D eigenvalue weighted by molar-refractivity contribution is 7.09. The molecule has 1 aromatic carbocycles. The second kappa shape index (κ2) is 8.30. The number of anilines is 1. The molecular weight excluding hydrogens is 354 g/mol. The Morgan fingerprint density at radius 3 is 2.88 bits per heavy atom. The largest absolute Gasteiger partial charge is 0.484 e. The first-order chi connectivity index (χ1) is 12.6. The molecule has 0 aliphatic heterocycles. The van der Waals surface area contributed by atoms with Crippen LogP contribution in [0.4, 0.5) is 5.69 Å². The van der Waals surface area contributed by atoms with Gasteiger partial charge in [0.25, 0.3) is 11.8 Å². The zero-order chi connectivity index (χ0) is 18.4. The fourth-order valence-electron chi connectivity index (χ4n) is 2.14. The number of amides is 2. The average molecular weight is 371 g/mol. The second-order valence-electron chi connectivity index (χ2n) is 5.38. The van der Waals surface area contributed by atoms with Crippen LogP contribution < -0.4 is 15.4 Å². The Kier molecular flexibility index (Phi) is 5.65. The first-order valence-corrected chi connectivity index (χ1v) is 8.73. The number of hydrogen-bond donors (Lipinski definition) is 2. The van der Waals surface area contributed by atoms with Crippen molar-refractivity contribution in [1.29, 1.82) is 0 Å². The van der Waals surface area contributed by atoms with Gasteiger partial charge >= 0.3 is 0 Å². The highest BCUT2D eigenvalue weighted by atomic mass is 32.1. The van der Waals surface area contributed by atoms with Crippen molar-refractivity contribution in [1.82, 2.24) is 10.3 Å². The maximum atomic E-state index is 12.0. The van der Waals surface area contributed by atoms with Crippen molar-refractivity contribution in [3.05, 3.63) is 64.5 Å². The fourth-order valence-corrected chi connectivity index (χ4v) is 2.76. The summed E-state index contributed by atoms with van der Waals surface area (Å²) >= 11 is 1.54. The predicted octanol–water partition coefficient (Wildman–Crippen LogP) is 2.99. The molecule has 0 atom stereocenters. The Labute approximate surface area is 154 Å². The fraction of sp³-hybridized carbons (Fsp3) is 0.167. The summed E-state index contributed by atoms with van der Waals surface area (Å²) in [6.07, 6.45) is 1.43. The number of aryl methyl sites for hydroxylation is 1. The summed E-state index contributed by atoms with van der Waals surface area (Å²) in [5, 5.41) is 8.31.